The zero-order valence-electron chi connectivity index (χ0n) is 49.7. The van der Waals surface area contributed by atoms with Gasteiger partial charge in [-0.2, -0.15) is 0 Å². The first kappa shape index (κ1) is 70.4. The van der Waals surface area contributed by atoms with Crippen molar-refractivity contribution in [2.75, 3.05) is 13.2 Å². The van der Waals surface area contributed by atoms with Gasteiger partial charge in [-0.25, -0.2) is 0 Å². The number of carbonyl (C=O) groups excluding carboxylic acids is 3. The number of hydrogen-bond acceptors (Lipinski definition) is 6. The first-order valence-corrected chi connectivity index (χ1v) is 32.6. The standard InChI is InChI=1S/C66H128O6/c1-7-62(6)54-48-42-36-30-24-17-14-15-19-27-33-39-45-51-57-66(69)72-63(59-71-65(68)56-50-44-38-32-26-21-20-23-29-35-41-47-53-61(4)5)58-70-64(67)55-49-43-37-31-25-18-13-11-9-8-10-12-16-22-28-34-40-46-52-60(2)3/h60-63H,7-59H2,1-6H3/t62?,63-/m1/s1. The summed E-state index contributed by atoms with van der Waals surface area (Å²) in [4.78, 5) is 38.3. The SMILES string of the molecule is CCC(C)CCCCCCCCCCCCCCCCC(=O)O[C@H](COC(=O)CCCCCCCCCCCCCCCCCCCCC(C)C)COC(=O)CCCCCCCCCCCCCCC(C)C. The average molecular weight is 1020 g/mol. The molecular weight excluding hydrogens is 889 g/mol. The van der Waals surface area contributed by atoms with E-state index < -0.39 is 6.10 Å². The minimum atomic E-state index is -0.765. The van der Waals surface area contributed by atoms with Crippen LogP contribution in [0.3, 0.4) is 0 Å². The minimum Gasteiger partial charge on any atom is -0.462 e. The van der Waals surface area contributed by atoms with Crippen LogP contribution in [0.4, 0.5) is 0 Å². The summed E-state index contributed by atoms with van der Waals surface area (Å²) in [5.74, 6) is 1.75. The first-order chi connectivity index (χ1) is 35.1. The molecule has 0 aromatic heterocycles. The predicted molar refractivity (Wildman–Crippen MR) is 312 cm³/mol. The van der Waals surface area contributed by atoms with Gasteiger partial charge < -0.3 is 14.2 Å². The molecule has 0 spiro atoms. The molecular formula is C66H128O6. The van der Waals surface area contributed by atoms with Gasteiger partial charge in [0.1, 0.15) is 13.2 Å². The van der Waals surface area contributed by atoms with E-state index >= 15 is 0 Å². The molecule has 0 bridgehead atoms. The Balaban J connectivity index is 4.27. The number of esters is 3. The van der Waals surface area contributed by atoms with Crippen LogP contribution in [0.25, 0.3) is 0 Å². The minimum absolute atomic E-state index is 0.0624. The molecule has 0 N–H and O–H groups in total. The van der Waals surface area contributed by atoms with Gasteiger partial charge in [0.2, 0.25) is 0 Å². The quantitative estimate of drug-likeness (QED) is 0.0343. The summed E-state index contributed by atoms with van der Waals surface area (Å²) in [7, 11) is 0. The zero-order valence-corrected chi connectivity index (χ0v) is 49.7. The van der Waals surface area contributed by atoms with E-state index in [9.17, 15) is 14.4 Å². The average Bonchev–Trinajstić information content (AvgIpc) is 3.36. The molecule has 0 aliphatic carbocycles. The highest BCUT2D eigenvalue weighted by atomic mass is 16.6. The van der Waals surface area contributed by atoms with Gasteiger partial charge in [0.15, 0.2) is 6.10 Å². The molecule has 0 aromatic carbocycles. The first-order valence-electron chi connectivity index (χ1n) is 32.6. The summed E-state index contributed by atoms with van der Waals surface area (Å²) in [5, 5.41) is 0. The molecule has 6 nitrogen and oxygen atoms in total. The van der Waals surface area contributed by atoms with E-state index in [4.69, 9.17) is 14.2 Å². The molecule has 72 heavy (non-hydrogen) atoms. The van der Waals surface area contributed by atoms with Crippen molar-refractivity contribution in [1.82, 2.24) is 0 Å². The Bertz CT molecular complexity index is 1120. The third-order valence-corrected chi connectivity index (χ3v) is 15.5. The normalized spacial score (nSPS) is 12.5. The van der Waals surface area contributed by atoms with E-state index in [2.05, 4.69) is 41.5 Å². The Labute approximate surface area is 450 Å². The Morgan fingerprint density at radius 1 is 0.278 bits per heavy atom. The molecule has 428 valence electrons. The maximum absolute atomic E-state index is 12.9. The van der Waals surface area contributed by atoms with E-state index in [0.717, 1.165) is 75.5 Å². The van der Waals surface area contributed by atoms with Crippen LogP contribution < -0.4 is 0 Å². The number of unbranched alkanes of at least 4 members (excludes halogenated alkanes) is 41. The van der Waals surface area contributed by atoms with E-state index in [1.807, 2.05) is 0 Å². The summed E-state index contributed by atoms with van der Waals surface area (Å²) in [6.45, 7) is 13.9. The van der Waals surface area contributed by atoms with Crippen LogP contribution in [0, 0.1) is 17.8 Å². The lowest BCUT2D eigenvalue weighted by atomic mass is 9.99. The van der Waals surface area contributed by atoms with Gasteiger partial charge in [0.25, 0.3) is 0 Å². The molecule has 2 atom stereocenters. The van der Waals surface area contributed by atoms with E-state index in [1.54, 1.807) is 0 Å². The summed E-state index contributed by atoms with van der Waals surface area (Å²) in [6, 6.07) is 0. The second-order valence-corrected chi connectivity index (χ2v) is 24.0. The van der Waals surface area contributed by atoms with Crippen molar-refractivity contribution in [3.8, 4) is 0 Å². The molecule has 0 heterocycles. The molecule has 6 heteroatoms. The molecule has 0 fully saturated rings. The van der Waals surface area contributed by atoms with Crippen LogP contribution in [0.2, 0.25) is 0 Å². The maximum Gasteiger partial charge on any atom is 0.306 e. The monoisotopic (exact) mass is 1020 g/mol. The van der Waals surface area contributed by atoms with Gasteiger partial charge in [-0.15, -0.1) is 0 Å². The summed E-state index contributed by atoms with van der Waals surface area (Å²) < 4.78 is 17.0. The zero-order chi connectivity index (χ0) is 52.6. The molecule has 0 aliphatic heterocycles. The largest absolute Gasteiger partial charge is 0.462 e. The Hall–Kier alpha value is -1.59. The number of rotatable bonds is 59. The molecule has 0 amide bonds. The van der Waals surface area contributed by atoms with E-state index in [0.29, 0.717) is 19.3 Å². The van der Waals surface area contributed by atoms with Gasteiger partial charge >= 0.3 is 17.9 Å². The lowest BCUT2D eigenvalue weighted by molar-refractivity contribution is -0.167. The van der Waals surface area contributed by atoms with E-state index in [-0.39, 0.29) is 31.1 Å². The maximum atomic E-state index is 12.9. The van der Waals surface area contributed by atoms with E-state index in [1.165, 1.54) is 250 Å². The lowest BCUT2D eigenvalue weighted by Crippen LogP contribution is -2.30. The fourth-order valence-corrected chi connectivity index (χ4v) is 10.2. The van der Waals surface area contributed by atoms with Crippen molar-refractivity contribution in [3.05, 3.63) is 0 Å². The highest BCUT2D eigenvalue weighted by Gasteiger charge is 2.19. The molecule has 0 aromatic rings. The summed E-state index contributed by atoms with van der Waals surface area (Å²) in [5.41, 5.74) is 0. The van der Waals surface area contributed by atoms with Crippen LogP contribution in [-0.2, 0) is 28.6 Å². The highest BCUT2D eigenvalue weighted by molar-refractivity contribution is 5.71. The molecule has 0 saturated carbocycles. The van der Waals surface area contributed by atoms with Crippen LogP contribution in [0.5, 0.6) is 0 Å². The number of hydrogen-bond donors (Lipinski definition) is 0. The third kappa shape index (κ3) is 57.7. The second kappa shape index (κ2) is 57.1. The highest BCUT2D eigenvalue weighted by Crippen LogP contribution is 2.20. The van der Waals surface area contributed by atoms with Crippen LogP contribution >= 0.6 is 0 Å². The van der Waals surface area contributed by atoms with Crippen molar-refractivity contribution < 1.29 is 28.6 Å². The van der Waals surface area contributed by atoms with Gasteiger partial charge in [-0.05, 0) is 37.0 Å². The van der Waals surface area contributed by atoms with Crippen molar-refractivity contribution in [3.63, 3.8) is 0 Å². The van der Waals surface area contributed by atoms with Gasteiger partial charge in [-0.1, -0.05) is 330 Å². The predicted octanol–water partition coefficient (Wildman–Crippen LogP) is 21.8. The van der Waals surface area contributed by atoms with Crippen molar-refractivity contribution in [2.45, 2.75) is 375 Å². The fourth-order valence-electron chi connectivity index (χ4n) is 10.2. The molecule has 0 rings (SSSR count). The van der Waals surface area contributed by atoms with Crippen molar-refractivity contribution >= 4 is 17.9 Å². The molecule has 0 saturated heterocycles. The van der Waals surface area contributed by atoms with Gasteiger partial charge in [0, 0.05) is 19.3 Å². The Kier molecular flexibility index (Phi) is 55.9. The molecule has 1 unspecified atom stereocenters. The lowest BCUT2D eigenvalue weighted by Gasteiger charge is -2.18. The Morgan fingerprint density at radius 2 is 0.486 bits per heavy atom. The topological polar surface area (TPSA) is 78.9 Å². The number of ether oxygens (including phenoxy) is 3. The van der Waals surface area contributed by atoms with Crippen LogP contribution in [-0.4, -0.2) is 37.2 Å². The fraction of sp³-hybridized carbons (Fsp3) is 0.955. The van der Waals surface area contributed by atoms with Crippen molar-refractivity contribution in [1.29, 1.82) is 0 Å². The molecule has 0 aliphatic rings. The number of carbonyl (C=O) groups is 3. The van der Waals surface area contributed by atoms with Gasteiger partial charge in [-0.3, -0.25) is 14.4 Å². The Morgan fingerprint density at radius 3 is 0.722 bits per heavy atom. The smallest absolute Gasteiger partial charge is 0.306 e. The van der Waals surface area contributed by atoms with Crippen LogP contribution in [0.15, 0.2) is 0 Å². The second-order valence-electron chi connectivity index (χ2n) is 24.0. The van der Waals surface area contributed by atoms with Crippen molar-refractivity contribution in [2.24, 2.45) is 17.8 Å². The van der Waals surface area contributed by atoms with Crippen LogP contribution in [0.1, 0.15) is 369 Å². The third-order valence-electron chi connectivity index (χ3n) is 15.5. The van der Waals surface area contributed by atoms with Gasteiger partial charge in [0.05, 0.1) is 0 Å². The summed E-state index contributed by atoms with van der Waals surface area (Å²) >= 11 is 0. The molecule has 0 radical (unpaired) electrons. The summed E-state index contributed by atoms with van der Waals surface area (Å²) in [6.07, 6.45) is 62.4.